The Hall–Kier alpha value is -1.36. The summed E-state index contributed by atoms with van der Waals surface area (Å²) in [5.74, 6) is 0.110. The Bertz CT molecular complexity index is 444. The zero-order valence-electron chi connectivity index (χ0n) is 5.46. The summed E-state index contributed by atoms with van der Waals surface area (Å²) in [6.07, 6.45) is 1.60. The van der Waals surface area contributed by atoms with Crippen LogP contribution in [0.25, 0.3) is 11.0 Å². The number of nitrogens with zero attached hydrogens (tertiary/aromatic N) is 1. The minimum absolute atomic E-state index is 0.110. The van der Waals surface area contributed by atoms with Crippen molar-refractivity contribution < 1.29 is 5.11 Å². The number of aromatic hydroxyl groups is 1. The van der Waals surface area contributed by atoms with E-state index in [0.717, 1.165) is 5.39 Å². The molecular weight excluding hydrogens is 162 g/mol. The summed E-state index contributed by atoms with van der Waals surface area (Å²) in [5, 5.41) is 9.83. The van der Waals surface area contributed by atoms with Crippen molar-refractivity contribution in [3.05, 3.63) is 17.0 Å². The van der Waals surface area contributed by atoms with Gasteiger partial charge in [-0.05, 0) is 12.2 Å². The zero-order valence-corrected chi connectivity index (χ0v) is 6.27. The highest BCUT2D eigenvalue weighted by Gasteiger charge is 1.97. The lowest BCUT2D eigenvalue weighted by Gasteiger charge is -1.85. The number of hydrogen-bond acceptors (Lipinski definition) is 3. The quantitative estimate of drug-likeness (QED) is 0.518. The Morgan fingerprint density at radius 3 is 3.09 bits per heavy atom. The van der Waals surface area contributed by atoms with Crippen LogP contribution in [-0.4, -0.2) is 20.1 Å². The highest BCUT2D eigenvalue weighted by molar-refractivity contribution is 7.71. The van der Waals surface area contributed by atoms with E-state index in [2.05, 4.69) is 15.0 Å². The van der Waals surface area contributed by atoms with Crippen molar-refractivity contribution in [2.45, 2.75) is 0 Å². The van der Waals surface area contributed by atoms with E-state index in [1.54, 1.807) is 12.3 Å². The molecule has 0 atom stereocenters. The summed E-state index contributed by atoms with van der Waals surface area (Å²) < 4.78 is 0.402. The minimum atomic E-state index is 0.110. The first-order valence-electron chi connectivity index (χ1n) is 3.03. The Labute approximate surface area is 66.9 Å². The third kappa shape index (κ3) is 0.988. The van der Waals surface area contributed by atoms with Gasteiger partial charge in [-0.1, -0.05) is 0 Å². The van der Waals surface area contributed by atoms with Crippen LogP contribution in [-0.2, 0) is 0 Å². The van der Waals surface area contributed by atoms with Gasteiger partial charge in [0, 0.05) is 17.6 Å². The normalized spacial score (nSPS) is 10.5. The lowest BCUT2D eigenvalue weighted by molar-refractivity contribution is 0.458. The molecule has 0 saturated carbocycles. The summed E-state index contributed by atoms with van der Waals surface area (Å²) in [7, 11) is 0. The van der Waals surface area contributed by atoms with Crippen molar-refractivity contribution in [1.29, 1.82) is 0 Å². The SMILES string of the molecule is Oc1cc2cnc(=S)[nH]c2[nH]1. The molecule has 56 valence electrons. The third-order valence-electron chi connectivity index (χ3n) is 1.39. The number of H-pyrrole nitrogens is 2. The van der Waals surface area contributed by atoms with Gasteiger partial charge in [-0.2, -0.15) is 0 Å². The molecule has 11 heavy (non-hydrogen) atoms. The molecule has 3 N–H and O–H groups in total. The average Bonchev–Trinajstić information content (AvgIpc) is 2.27. The maximum Gasteiger partial charge on any atom is 0.198 e. The molecule has 5 heteroatoms. The van der Waals surface area contributed by atoms with Gasteiger partial charge in [0.15, 0.2) is 10.7 Å². The number of rotatable bonds is 0. The number of nitrogens with one attached hydrogen (secondary N) is 2. The molecule has 0 aliphatic heterocycles. The van der Waals surface area contributed by atoms with Crippen molar-refractivity contribution in [1.82, 2.24) is 15.0 Å². The van der Waals surface area contributed by atoms with Crippen LogP contribution in [0.1, 0.15) is 0 Å². The molecule has 0 fully saturated rings. The second kappa shape index (κ2) is 2.06. The van der Waals surface area contributed by atoms with Crippen molar-refractivity contribution in [3.63, 3.8) is 0 Å². The van der Waals surface area contributed by atoms with Crippen LogP contribution in [0.4, 0.5) is 0 Å². The van der Waals surface area contributed by atoms with Crippen molar-refractivity contribution in [2.75, 3.05) is 0 Å². The number of fused-ring (bicyclic) bond motifs is 1. The second-order valence-electron chi connectivity index (χ2n) is 2.17. The number of aromatic nitrogens is 3. The molecule has 0 saturated heterocycles. The van der Waals surface area contributed by atoms with E-state index in [0.29, 0.717) is 10.4 Å². The fourth-order valence-electron chi connectivity index (χ4n) is 0.928. The molecular formula is C6H5N3OS. The molecule has 0 radical (unpaired) electrons. The highest BCUT2D eigenvalue weighted by atomic mass is 32.1. The van der Waals surface area contributed by atoms with E-state index in [9.17, 15) is 0 Å². The van der Waals surface area contributed by atoms with Gasteiger partial charge in [-0.3, -0.25) is 0 Å². The van der Waals surface area contributed by atoms with Gasteiger partial charge >= 0.3 is 0 Å². The Balaban J connectivity index is 2.92. The molecule has 0 aliphatic rings. The monoisotopic (exact) mass is 167 g/mol. The van der Waals surface area contributed by atoms with Crippen LogP contribution >= 0.6 is 12.2 Å². The topological polar surface area (TPSA) is 64.7 Å². The van der Waals surface area contributed by atoms with E-state index in [4.69, 9.17) is 17.3 Å². The zero-order chi connectivity index (χ0) is 7.84. The molecule has 0 bridgehead atoms. The van der Waals surface area contributed by atoms with E-state index in [1.807, 2.05) is 0 Å². The van der Waals surface area contributed by atoms with Crippen LogP contribution in [0, 0.1) is 4.77 Å². The molecule has 0 aromatic carbocycles. The fourth-order valence-corrected chi connectivity index (χ4v) is 1.08. The standard InChI is InChI=1S/C6H5N3OS/c10-4-1-3-2-7-6(11)9-5(3)8-4/h1-2,10H,(H2,7,8,9,11). The minimum Gasteiger partial charge on any atom is -0.495 e. The second-order valence-corrected chi connectivity index (χ2v) is 2.56. The van der Waals surface area contributed by atoms with E-state index in [1.165, 1.54) is 0 Å². The van der Waals surface area contributed by atoms with Gasteiger partial charge in [0.1, 0.15) is 5.65 Å². The predicted molar refractivity (Wildman–Crippen MR) is 42.9 cm³/mol. The fraction of sp³-hybridized carbons (Fsp3) is 0. The number of aromatic amines is 2. The first-order chi connectivity index (χ1) is 5.25. The molecule has 2 aromatic heterocycles. The third-order valence-corrected chi connectivity index (χ3v) is 1.59. The predicted octanol–water partition coefficient (Wildman–Crippen LogP) is 1.33. The van der Waals surface area contributed by atoms with E-state index in [-0.39, 0.29) is 5.88 Å². The Kier molecular flexibility index (Phi) is 1.19. The van der Waals surface area contributed by atoms with Gasteiger partial charge in [0.2, 0.25) is 0 Å². The van der Waals surface area contributed by atoms with Crippen molar-refractivity contribution in [3.8, 4) is 5.88 Å². The molecule has 4 nitrogen and oxygen atoms in total. The molecule has 0 aliphatic carbocycles. The molecule has 0 spiro atoms. The van der Waals surface area contributed by atoms with Crippen LogP contribution < -0.4 is 0 Å². The summed E-state index contributed by atoms with van der Waals surface area (Å²) in [4.78, 5) is 9.34. The van der Waals surface area contributed by atoms with Crippen LogP contribution in [0.2, 0.25) is 0 Å². The van der Waals surface area contributed by atoms with Crippen molar-refractivity contribution >= 4 is 23.3 Å². The van der Waals surface area contributed by atoms with Crippen LogP contribution in [0.15, 0.2) is 12.3 Å². The van der Waals surface area contributed by atoms with Gasteiger partial charge in [-0.25, -0.2) is 4.98 Å². The largest absolute Gasteiger partial charge is 0.495 e. The van der Waals surface area contributed by atoms with Crippen LogP contribution in [0.5, 0.6) is 5.88 Å². The maximum absolute atomic E-state index is 9.01. The van der Waals surface area contributed by atoms with Gasteiger partial charge in [-0.15, -0.1) is 0 Å². The molecule has 2 aromatic rings. The van der Waals surface area contributed by atoms with Gasteiger partial charge in [0.05, 0.1) is 0 Å². The van der Waals surface area contributed by atoms with Crippen LogP contribution in [0.3, 0.4) is 0 Å². The summed E-state index contributed by atoms with van der Waals surface area (Å²) in [6.45, 7) is 0. The van der Waals surface area contributed by atoms with E-state index >= 15 is 0 Å². The maximum atomic E-state index is 9.01. The number of hydrogen-bond donors (Lipinski definition) is 3. The van der Waals surface area contributed by atoms with Gasteiger partial charge in [0.25, 0.3) is 0 Å². The van der Waals surface area contributed by atoms with Gasteiger partial charge < -0.3 is 15.1 Å². The Morgan fingerprint density at radius 2 is 2.27 bits per heavy atom. The average molecular weight is 167 g/mol. The smallest absolute Gasteiger partial charge is 0.198 e. The molecule has 2 heterocycles. The molecule has 0 unspecified atom stereocenters. The highest BCUT2D eigenvalue weighted by Crippen LogP contribution is 2.15. The summed E-state index contributed by atoms with van der Waals surface area (Å²) >= 11 is 4.78. The summed E-state index contributed by atoms with van der Waals surface area (Å²) in [5.41, 5.74) is 0.697. The molecule has 2 rings (SSSR count). The first kappa shape index (κ1) is 6.36. The van der Waals surface area contributed by atoms with E-state index < -0.39 is 0 Å². The lowest BCUT2D eigenvalue weighted by Crippen LogP contribution is -1.79. The molecule has 0 amide bonds. The van der Waals surface area contributed by atoms with Crippen molar-refractivity contribution in [2.24, 2.45) is 0 Å². The summed E-state index contributed by atoms with van der Waals surface area (Å²) in [6, 6.07) is 1.58. The lowest BCUT2D eigenvalue weighted by atomic mass is 10.4. The first-order valence-corrected chi connectivity index (χ1v) is 3.43. The Morgan fingerprint density at radius 1 is 1.45 bits per heavy atom.